The molecule has 0 aromatic carbocycles. The molecule has 1 aliphatic rings. The largest absolute Gasteiger partial charge is 0.479 e. The molecule has 0 spiro atoms. The van der Waals surface area contributed by atoms with Gasteiger partial charge in [0.15, 0.2) is 5.54 Å². The van der Waals surface area contributed by atoms with E-state index in [1.807, 2.05) is 0 Å². The van der Waals surface area contributed by atoms with Gasteiger partial charge < -0.3 is 10.4 Å². The third-order valence-corrected chi connectivity index (χ3v) is 4.22. The van der Waals surface area contributed by atoms with E-state index in [1.165, 1.54) is 36.6 Å². The lowest BCUT2D eigenvalue weighted by Crippen LogP contribution is -2.35. The molecule has 6 heteroatoms. The molecule has 2 N–H and O–H groups in total. The van der Waals surface area contributed by atoms with Crippen molar-refractivity contribution in [3.05, 3.63) is 12.4 Å². The molecule has 1 aromatic rings. The molecule has 6 nitrogen and oxygen atoms in total. The summed E-state index contributed by atoms with van der Waals surface area (Å²) >= 11 is 0. The molecule has 1 fully saturated rings. The summed E-state index contributed by atoms with van der Waals surface area (Å²) in [6.07, 6.45) is 9.52. The fourth-order valence-corrected chi connectivity index (χ4v) is 2.65. The standard InChI is InChI=1S/C15H23N3O3/c1-15(2,14(20)21)18-10-12(9-16-18)17-13(19)8-7-11-5-3-4-6-11/h9-11H,3-8H2,1-2H3,(H,17,19)(H,20,21). The highest BCUT2D eigenvalue weighted by Crippen LogP contribution is 2.28. The maximum absolute atomic E-state index is 11.9. The topological polar surface area (TPSA) is 84.2 Å². The van der Waals surface area contributed by atoms with Gasteiger partial charge in [-0.15, -0.1) is 0 Å². The van der Waals surface area contributed by atoms with Crippen molar-refractivity contribution in [2.45, 2.75) is 57.9 Å². The zero-order valence-electron chi connectivity index (χ0n) is 12.6. The van der Waals surface area contributed by atoms with Crippen LogP contribution in [0.1, 0.15) is 52.4 Å². The predicted molar refractivity (Wildman–Crippen MR) is 79.0 cm³/mol. The number of carboxylic acids is 1. The summed E-state index contributed by atoms with van der Waals surface area (Å²) in [5.41, 5.74) is -0.590. The molecule has 1 aromatic heterocycles. The molecule has 21 heavy (non-hydrogen) atoms. The van der Waals surface area contributed by atoms with Gasteiger partial charge in [-0.05, 0) is 26.2 Å². The normalized spacial score (nSPS) is 16.1. The molecule has 0 aliphatic heterocycles. The number of carboxylic acid groups (broad SMARTS) is 1. The van der Waals surface area contributed by atoms with Crippen LogP contribution in [0.3, 0.4) is 0 Å². The highest BCUT2D eigenvalue weighted by molar-refractivity contribution is 5.90. The summed E-state index contributed by atoms with van der Waals surface area (Å²) in [7, 11) is 0. The number of aliphatic carboxylic acids is 1. The van der Waals surface area contributed by atoms with E-state index < -0.39 is 11.5 Å². The van der Waals surface area contributed by atoms with Crippen LogP contribution >= 0.6 is 0 Å². The number of hydrogen-bond donors (Lipinski definition) is 2. The lowest BCUT2D eigenvalue weighted by Gasteiger charge is -2.19. The third kappa shape index (κ3) is 3.83. The monoisotopic (exact) mass is 293 g/mol. The van der Waals surface area contributed by atoms with E-state index in [4.69, 9.17) is 5.11 Å². The number of nitrogens with zero attached hydrogens (tertiary/aromatic N) is 2. The second kappa shape index (κ2) is 6.28. The average molecular weight is 293 g/mol. The number of nitrogens with one attached hydrogen (secondary N) is 1. The van der Waals surface area contributed by atoms with Gasteiger partial charge in [0, 0.05) is 12.6 Å². The van der Waals surface area contributed by atoms with Crippen LogP contribution in [0.2, 0.25) is 0 Å². The van der Waals surface area contributed by atoms with Crippen molar-refractivity contribution in [3.63, 3.8) is 0 Å². The second-order valence-electron chi connectivity index (χ2n) is 6.28. The van der Waals surface area contributed by atoms with E-state index >= 15 is 0 Å². The van der Waals surface area contributed by atoms with Crippen molar-refractivity contribution in [2.24, 2.45) is 5.92 Å². The molecular weight excluding hydrogens is 270 g/mol. The van der Waals surface area contributed by atoms with E-state index in [0.717, 1.165) is 6.42 Å². The fraction of sp³-hybridized carbons (Fsp3) is 0.667. The number of carbonyl (C=O) groups is 2. The first kappa shape index (κ1) is 15.5. The van der Waals surface area contributed by atoms with E-state index in [1.54, 1.807) is 20.0 Å². The van der Waals surface area contributed by atoms with E-state index in [0.29, 0.717) is 18.0 Å². The Morgan fingerprint density at radius 3 is 2.71 bits per heavy atom. The Balaban J connectivity index is 1.87. The van der Waals surface area contributed by atoms with Crippen LogP contribution in [0.4, 0.5) is 5.69 Å². The SMILES string of the molecule is CC(C)(C(=O)O)n1cc(NC(=O)CCC2CCCC2)cn1. The molecule has 0 saturated heterocycles. The minimum Gasteiger partial charge on any atom is -0.479 e. The number of rotatable bonds is 6. The molecule has 1 aliphatic carbocycles. The number of amides is 1. The summed E-state index contributed by atoms with van der Waals surface area (Å²) in [5.74, 6) is -0.316. The molecule has 0 unspecified atom stereocenters. The Labute approximate surface area is 124 Å². The maximum Gasteiger partial charge on any atom is 0.331 e. The maximum atomic E-state index is 11.9. The molecule has 0 radical (unpaired) electrons. The summed E-state index contributed by atoms with van der Waals surface area (Å²) in [5, 5.41) is 15.9. The first-order chi connectivity index (χ1) is 9.89. The summed E-state index contributed by atoms with van der Waals surface area (Å²) in [6, 6.07) is 0. The second-order valence-corrected chi connectivity index (χ2v) is 6.28. The highest BCUT2D eigenvalue weighted by Gasteiger charge is 2.30. The van der Waals surface area contributed by atoms with Crippen LogP contribution < -0.4 is 5.32 Å². The van der Waals surface area contributed by atoms with Crippen molar-refractivity contribution in [1.29, 1.82) is 0 Å². The van der Waals surface area contributed by atoms with Crippen molar-refractivity contribution >= 4 is 17.6 Å². The van der Waals surface area contributed by atoms with Gasteiger partial charge in [-0.25, -0.2) is 4.79 Å². The molecule has 1 saturated carbocycles. The minimum atomic E-state index is -1.13. The van der Waals surface area contributed by atoms with Gasteiger partial charge in [0.2, 0.25) is 5.91 Å². The first-order valence-corrected chi connectivity index (χ1v) is 7.48. The first-order valence-electron chi connectivity index (χ1n) is 7.48. The Morgan fingerprint density at radius 2 is 2.10 bits per heavy atom. The molecule has 1 amide bonds. The van der Waals surface area contributed by atoms with Gasteiger partial charge in [0.05, 0.1) is 11.9 Å². The van der Waals surface area contributed by atoms with Gasteiger partial charge in [0.1, 0.15) is 0 Å². The molecule has 116 valence electrons. The molecule has 2 rings (SSSR count). The summed E-state index contributed by atoms with van der Waals surface area (Å²) in [4.78, 5) is 23.1. The van der Waals surface area contributed by atoms with Gasteiger partial charge in [-0.2, -0.15) is 5.10 Å². The van der Waals surface area contributed by atoms with Crippen molar-refractivity contribution in [3.8, 4) is 0 Å². The van der Waals surface area contributed by atoms with Gasteiger partial charge in [-0.3, -0.25) is 9.48 Å². The number of aromatic nitrogens is 2. The fourth-order valence-electron chi connectivity index (χ4n) is 2.65. The highest BCUT2D eigenvalue weighted by atomic mass is 16.4. The Hall–Kier alpha value is -1.85. The van der Waals surface area contributed by atoms with Crippen LogP contribution in [0.15, 0.2) is 12.4 Å². The average Bonchev–Trinajstić information content (AvgIpc) is 3.07. The van der Waals surface area contributed by atoms with Crippen LogP contribution in [0, 0.1) is 5.92 Å². The summed E-state index contributed by atoms with van der Waals surface area (Å²) in [6.45, 7) is 3.13. The van der Waals surface area contributed by atoms with Gasteiger partial charge in [-0.1, -0.05) is 25.7 Å². The van der Waals surface area contributed by atoms with Gasteiger partial charge in [0.25, 0.3) is 0 Å². The predicted octanol–water partition coefficient (Wildman–Crippen LogP) is 2.61. The lowest BCUT2D eigenvalue weighted by molar-refractivity contribution is -0.146. The van der Waals surface area contributed by atoms with E-state index in [2.05, 4.69) is 10.4 Å². The third-order valence-electron chi connectivity index (χ3n) is 4.22. The van der Waals surface area contributed by atoms with Crippen LogP contribution in [0.25, 0.3) is 0 Å². The zero-order valence-corrected chi connectivity index (χ0v) is 12.6. The lowest BCUT2D eigenvalue weighted by atomic mass is 10.0. The number of anilines is 1. The molecule has 0 bridgehead atoms. The minimum absolute atomic E-state index is 0.0328. The van der Waals surface area contributed by atoms with Crippen molar-refractivity contribution in [1.82, 2.24) is 9.78 Å². The Kier molecular flexibility index (Phi) is 4.65. The quantitative estimate of drug-likeness (QED) is 0.844. The Bertz CT molecular complexity index is 516. The molecule has 0 atom stereocenters. The van der Waals surface area contributed by atoms with E-state index in [-0.39, 0.29) is 5.91 Å². The van der Waals surface area contributed by atoms with E-state index in [9.17, 15) is 9.59 Å². The van der Waals surface area contributed by atoms with Crippen LogP contribution in [0.5, 0.6) is 0 Å². The zero-order chi connectivity index (χ0) is 15.5. The summed E-state index contributed by atoms with van der Waals surface area (Å²) < 4.78 is 1.35. The van der Waals surface area contributed by atoms with Crippen LogP contribution in [-0.4, -0.2) is 26.8 Å². The van der Waals surface area contributed by atoms with Crippen molar-refractivity contribution in [2.75, 3.05) is 5.32 Å². The molecular formula is C15H23N3O3. The smallest absolute Gasteiger partial charge is 0.331 e. The van der Waals surface area contributed by atoms with Crippen molar-refractivity contribution < 1.29 is 14.7 Å². The molecule has 1 heterocycles. The van der Waals surface area contributed by atoms with Gasteiger partial charge >= 0.3 is 5.97 Å². The Morgan fingerprint density at radius 1 is 1.43 bits per heavy atom. The number of hydrogen-bond acceptors (Lipinski definition) is 3. The number of carbonyl (C=O) groups excluding carboxylic acids is 1. The van der Waals surface area contributed by atoms with Crippen LogP contribution in [-0.2, 0) is 15.1 Å².